The summed E-state index contributed by atoms with van der Waals surface area (Å²) in [4.78, 5) is 4.67. The quantitative estimate of drug-likeness (QED) is 0.399. The van der Waals surface area contributed by atoms with Crippen LogP contribution in [0.1, 0.15) is 54.9 Å². The van der Waals surface area contributed by atoms with Gasteiger partial charge in [0, 0.05) is 37.2 Å². The molecule has 0 spiro atoms. The molecule has 5 heteroatoms. The lowest BCUT2D eigenvalue weighted by Crippen LogP contribution is -2.69. The molecule has 0 aliphatic heterocycles. The van der Waals surface area contributed by atoms with Crippen LogP contribution < -0.4 is 16.0 Å². The standard InChI is InChI=1S/C17H36N4O/c1-9-18-14(19-10-11-20-15(2,3)4)21-13-12-17(7,22-8)16(13,5)6/h13,20H,9-12H2,1-8H3,(H2,18,19,21). The Morgan fingerprint density at radius 3 is 2.36 bits per heavy atom. The maximum Gasteiger partial charge on any atom is 0.191 e. The highest BCUT2D eigenvalue weighted by Gasteiger charge is 2.58. The maximum atomic E-state index is 5.69. The predicted molar refractivity (Wildman–Crippen MR) is 94.5 cm³/mol. The number of hydrogen-bond acceptors (Lipinski definition) is 3. The van der Waals surface area contributed by atoms with Gasteiger partial charge in [-0.25, -0.2) is 0 Å². The minimum atomic E-state index is -0.0597. The average Bonchev–Trinajstić information content (AvgIpc) is 2.41. The molecule has 1 fully saturated rings. The van der Waals surface area contributed by atoms with E-state index in [4.69, 9.17) is 4.74 Å². The Bertz CT molecular complexity index is 387. The molecule has 1 saturated carbocycles. The molecule has 1 rings (SSSR count). The highest BCUT2D eigenvalue weighted by Crippen LogP contribution is 2.51. The van der Waals surface area contributed by atoms with Crippen molar-refractivity contribution >= 4 is 5.96 Å². The third-order valence-electron chi connectivity index (χ3n) is 4.97. The van der Waals surface area contributed by atoms with Crippen LogP contribution in [0.3, 0.4) is 0 Å². The van der Waals surface area contributed by atoms with Crippen LogP contribution in [0.4, 0.5) is 0 Å². The SMILES string of the molecule is CCNC(=NCCNC(C)(C)C)NC1CC(C)(OC)C1(C)C. The number of aliphatic imine (C=N–C) groups is 1. The van der Waals surface area contributed by atoms with E-state index in [1.807, 2.05) is 0 Å². The lowest BCUT2D eigenvalue weighted by Gasteiger charge is -2.59. The number of guanidine groups is 1. The molecule has 1 aliphatic carbocycles. The third kappa shape index (κ3) is 4.59. The van der Waals surface area contributed by atoms with Crippen molar-refractivity contribution in [3.05, 3.63) is 0 Å². The van der Waals surface area contributed by atoms with Crippen molar-refractivity contribution in [1.29, 1.82) is 0 Å². The molecule has 2 unspecified atom stereocenters. The fourth-order valence-corrected chi connectivity index (χ4v) is 2.81. The Morgan fingerprint density at radius 1 is 1.27 bits per heavy atom. The summed E-state index contributed by atoms with van der Waals surface area (Å²) in [6.45, 7) is 17.8. The third-order valence-corrected chi connectivity index (χ3v) is 4.97. The van der Waals surface area contributed by atoms with E-state index >= 15 is 0 Å². The van der Waals surface area contributed by atoms with Gasteiger partial charge in [0.2, 0.25) is 0 Å². The van der Waals surface area contributed by atoms with Crippen LogP contribution in [0.5, 0.6) is 0 Å². The zero-order valence-electron chi connectivity index (χ0n) is 15.8. The molecule has 0 amide bonds. The first kappa shape index (κ1) is 19.2. The van der Waals surface area contributed by atoms with Gasteiger partial charge in [-0.2, -0.15) is 0 Å². The minimum absolute atomic E-state index is 0.0597. The van der Waals surface area contributed by atoms with Gasteiger partial charge in [-0.3, -0.25) is 4.99 Å². The van der Waals surface area contributed by atoms with Crippen molar-refractivity contribution in [3.63, 3.8) is 0 Å². The molecular weight excluding hydrogens is 276 g/mol. The zero-order chi connectivity index (χ0) is 17.0. The molecule has 0 saturated heterocycles. The number of methoxy groups -OCH3 is 1. The van der Waals surface area contributed by atoms with Crippen LogP contribution in [0, 0.1) is 5.41 Å². The Kier molecular flexibility index (Phi) is 6.27. The summed E-state index contributed by atoms with van der Waals surface area (Å²) in [5.74, 6) is 0.898. The predicted octanol–water partition coefficient (Wildman–Crippen LogP) is 2.13. The molecule has 0 aromatic rings. The molecule has 0 aromatic carbocycles. The largest absolute Gasteiger partial charge is 0.378 e. The maximum absolute atomic E-state index is 5.69. The zero-order valence-corrected chi connectivity index (χ0v) is 15.8. The van der Waals surface area contributed by atoms with E-state index in [9.17, 15) is 0 Å². The van der Waals surface area contributed by atoms with Gasteiger partial charge in [0.15, 0.2) is 5.96 Å². The van der Waals surface area contributed by atoms with Crippen molar-refractivity contribution in [3.8, 4) is 0 Å². The van der Waals surface area contributed by atoms with Crippen LogP contribution in [0.2, 0.25) is 0 Å². The fourth-order valence-electron chi connectivity index (χ4n) is 2.81. The molecule has 2 atom stereocenters. The van der Waals surface area contributed by atoms with E-state index < -0.39 is 0 Å². The molecule has 1 aliphatic rings. The number of rotatable bonds is 6. The normalized spacial score (nSPS) is 28.2. The van der Waals surface area contributed by atoms with Crippen LogP contribution in [0.15, 0.2) is 4.99 Å². The van der Waals surface area contributed by atoms with Gasteiger partial charge in [0.1, 0.15) is 0 Å². The topological polar surface area (TPSA) is 57.7 Å². The molecule has 0 radical (unpaired) electrons. The summed E-state index contributed by atoms with van der Waals surface area (Å²) in [5.41, 5.74) is 0.162. The Morgan fingerprint density at radius 2 is 1.91 bits per heavy atom. The molecule has 3 N–H and O–H groups in total. The van der Waals surface area contributed by atoms with Gasteiger partial charge in [-0.05, 0) is 41.0 Å². The Hall–Kier alpha value is -0.810. The summed E-state index contributed by atoms with van der Waals surface area (Å²) < 4.78 is 5.69. The summed E-state index contributed by atoms with van der Waals surface area (Å²) >= 11 is 0. The van der Waals surface area contributed by atoms with Crippen LogP contribution in [-0.4, -0.2) is 49.9 Å². The van der Waals surface area contributed by atoms with Gasteiger partial charge in [-0.1, -0.05) is 13.8 Å². The fraction of sp³-hybridized carbons (Fsp3) is 0.941. The summed E-state index contributed by atoms with van der Waals surface area (Å²) in [6, 6.07) is 0.380. The van der Waals surface area contributed by atoms with E-state index in [0.717, 1.165) is 32.0 Å². The molecule has 0 bridgehead atoms. The van der Waals surface area contributed by atoms with Crippen molar-refractivity contribution in [2.45, 2.75) is 72.1 Å². The highest BCUT2D eigenvalue weighted by atomic mass is 16.5. The number of hydrogen-bond donors (Lipinski definition) is 3. The Labute approximate surface area is 136 Å². The first-order valence-corrected chi connectivity index (χ1v) is 8.41. The minimum Gasteiger partial charge on any atom is -0.378 e. The van der Waals surface area contributed by atoms with Gasteiger partial charge in [0.25, 0.3) is 0 Å². The van der Waals surface area contributed by atoms with Crippen LogP contribution >= 0.6 is 0 Å². The molecule has 0 aromatic heterocycles. The van der Waals surface area contributed by atoms with Gasteiger partial charge in [-0.15, -0.1) is 0 Å². The van der Waals surface area contributed by atoms with Gasteiger partial charge >= 0.3 is 0 Å². The van der Waals surface area contributed by atoms with Crippen molar-refractivity contribution < 1.29 is 4.74 Å². The molecule has 5 nitrogen and oxygen atoms in total. The average molecular weight is 313 g/mol. The van der Waals surface area contributed by atoms with Crippen LogP contribution in [-0.2, 0) is 4.74 Å². The van der Waals surface area contributed by atoms with E-state index in [1.165, 1.54) is 0 Å². The summed E-state index contributed by atoms with van der Waals surface area (Å²) in [7, 11) is 1.80. The number of nitrogens with zero attached hydrogens (tertiary/aromatic N) is 1. The van der Waals surface area contributed by atoms with E-state index in [1.54, 1.807) is 7.11 Å². The first-order valence-electron chi connectivity index (χ1n) is 8.41. The van der Waals surface area contributed by atoms with Crippen molar-refractivity contribution in [2.75, 3.05) is 26.7 Å². The number of nitrogens with one attached hydrogen (secondary N) is 3. The second-order valence-electron chi connectivity index (χ2n) is 8.00. The van der Waals surface area contributed by atoms with E-state index in [-0.39, 0.29) is 16.6 Å². The van der Waals surface area contributed by atoms with Gasteiger partial charge < -0.3 is 20.7 Å². The molecule has 22 heavy (non-hydrogen) atoms. The van der Waals surface area contributed by atoms with E-state index in [2.05, 4.69) is 69.4 Å². The Balaban J connectivity index is 2.55. The summed E-state index contributed by atoms with van der Waals surface area (Å²) in [5, 5.41) is 10.4. The van der Waals surface area contributed by atoms with Crippen LogP contribution in [0.25, 0.3) is 0 Å². The highest BCUT2D eigenvalue weighted by molar-refractivity contribution is 5.80. The lowest BCUT2D eigenvalue weighted by molar-refractivity contribution is -0.176. The second kappa shape index (κ2) is 7.18. The lowest BCUT2D eigenvalue weighted by atomic mass is 9.56. The molecule has 130 valence electrons. The molecular formula is C17H36N4O. The second-order valence-corrected chi connectivity index (χ2v) is 8.00. The molecule has 0 heterocycles. The van der Waals surface area contributed by atoms with Crippen molar-refractivity contribution in [1.82, 2.24) is 16.0 Å². The number of ether oxygens (including phenoxy) is 1. The van der Waals surface area contributed by atoms with Gasteiger partial charge in [0.05, 0.1) is 12.1 Å². The van der Waals surface area contributed by atoms with E-state index in [0.29, 0.717) is 6.04 Å². The monoisotopic (exact) mass is 312 g/mol. The smallest absolute Gasteiger partial charge is 0.191 e. The summed E-state index contributed by atoms with van der Waals surface area (Å²) in [6.07, 6.45) is 1.00. The van der Waals surface area contributed by atoms with Crippen molar-refractivity contribution in [2.24, 2.45) is 10.4 Å². The first-order chi connectivity index (χ1) is 10.1.